The van der Waals surface area contributed by atoms with E-state index < -0.39 is 5.54 Å². The van der Waals surface area contributed by atoms with Crippen molar-refractivity contribution in [2.75, 3.05) is 0 Å². The molecule has 6 nitrogen and oxygen atoms in total. The van der Waals surface area contributed by atoms with Crippen molar-refractivity contribution in [1.29, 1.82) is 0 Å². The highest BCUT2D eigenvalue weighted by molar-refractivity contribution is 5.77. The van der Waals surface area contributed by atoms with E-state index >= 15 is 0 Å². The fourth-order valence-corrected chi connectivity index (χ4v) is 3.61. The predicted molar refractivity (Wildman–Crippen MR) is 89.5 cm³/mol. The zero-order valence-electron chi connectivity index (χ0n) is 14.0. The number of hydrogen-bond donors (Lipinski definition) is 1. The maximum Gasteiger partial charge on any atom is 0.346 e. The molecule has 1 saturated carbocycles. The Morgan fingerprint density at radius 3 is 2.80 bits per heavy atom. The first-order valence-electron chi connectivity index (χ1n) is 8.82. The van der Waals surface area contributed by atoms with Crippen LogP contribution in [0.1, 0.15) is 43.5 Å². The predicted octanol–water partition coefficient (Wildman–Crippen LogP) is 1.72. The number of carbonyl (C=O) groups excluding carboxylic acids is 1. The summed E-state index contributed by atoms with van der Waals surface area (Å²) in [6, 6.07) is 6.50. The van der Waals surface area contributed by atoms with Crippen molar-refractivity contribution in [3.05, 3.63) is 52.0 Å². The maximum absolute atomic E-state index is 14.0. The molecule has 1 fully saturated rings. The lowest BCUT2D eigenvalue weighted by Gasteiger charge is -2.18. The van der Waals surface area contributed by atoms with Gasteiger partial charge in [-0.05, 0) is 31.7 Å². The molecule has 1 amide bonds. The van der Waals surface area contributed by atoms with Crippen molar-refractivity contribution in [3.63, 3.8) is 0 Å². The zero-order chi connectivity index (χ0) is 17.4. The molecule has 0 spiro atoms. The maximum atomic E-state index is 14.0. The summed E-state index contributed by atoms with van der Waals surface area (Å²) in [5.74, 6) is 0.132. The molecule has 0 unspecified atom stereocenters. The highest BCUT2D eigenvalue weighted by Gasteiger charge is 2.47. The van der Waals surface area contributed by atoms with Gasteiger partial charge in [0, 0.05) is 18.5 Å². The lowest BCUT2D eigenvalue weighted by molar-refractivity contribution is -0.123. The normalized spacial score (nSPS) is 18.3. The third-order valence-corrected chi connectivity index (χ3v) is 5.09. The van der Waals surface area contributed by atoms with E-state index in [1.807, 2.05) is 0 Å². The number of fused-ring (bicyclic) bond motifs is 1. The fourth-order valence-electron chi connectivity index (χ4n) is 3.61. The molecule has 0 saturated heterocycles. The minimum absolute atomic E-state index is 0.130. The Hall–Kier alpha value is -2.44. The standard InChI is InChI=1S/C18H21FN4O2/c19-14-7-4-3-6-13(14)18(9-10-18)20-16(24)12-23-17(25)22-11-5-1-2-8-15(22)21-23/h3-4,6-7H,1-2,5,8-12H2,(H,20,24). The van der Waals surface area contributed by atoms with E-state index in [0.717, 1.165) is 31.5 Å². The lowest BCUT2D eigenvalue weighted by atomic mass is 10.0. The number of carbonyl (C=O) groups is 1. The molecule has 4 rings (SSSR count). The number of nitrogens with zero attached hydrogens (tertiary/aromatic N) is 3. The number of amides is 1. The van der Waals surface area contributed by atoms with E-state index in [-0.39, 0.29) is 24.0 Å². The van der Waals surface area contributed by atoms with Gasteiger partial charge in [0.05, 0.1) is 5.54 Å². The second-order valence-electron chi connectivity index (χ2n) is 6.93. The number of nitrogens with one attached hydrogen (secondary N) is 1. The summed E-state index contributed by atoms with van der Waals surface area (Å²) >= 11 is 0. The highest BCUT2D eigenvalue weighted by Crippen LogP contribution is 2.46. The van der Waals surface area contributed by atoms with E-state index in [4.69, 9.17) is 0 Å². The van der Waals surface area contributed by atoms with Gasteiger partial charge in [0.15, 0.2) is 0 Å². The van der Waals surface area contributed by atoms with Gasteiger partial charge >= 0.3 is 5.69 Å². The summed E-state index contributed by atoms with van der Waals surface area (Å²) < 4.78 is 16.9. The minimum Gasteiger partial charge on any atom is -0.345 e. The van der Waals surface area contributed by atoms with Crippen LogP contribution in [0.25, 0.3) is 0 Å². The van der Waals surface area contributed by atoms with Crippen LogP contribution in [0.5, 0.6) is 0 Å². The number of hydrogen-bond acceptors (Lipinski definition) is 3. The molecule has 1 N–H and O–H groups in total. The zero-order valence-corrected chi connectivity index (χ0v) is 14.0. The summed E-state index contributed by atoms with van der Waals surface area (Å²) in [5, 5.41) is 7.23. The summed E-state index contributed by atoms with van der Waals surface area (Å²) in [6.45, 7) is 0.532. The molecule has 2 heterocycles. The van der Waals surface area contributed by atoms with E-state index in [1.165, 1.54) is 10.7 Å². The van der Waals surface area contributed by atoms with Gasteiger partial charge in [-0.1, -0.05) is 24.6 Å². The van der Waals surface area contributed by atoms with Gasteiger partial charge in [-0.15, -0.1) is 0 Å². The van der Waals surface area contributed by atoms with Crippen LogP contribution < -0.4 is 11.0 Å². The van der Waals surface area contributed by atoms with Crippen molar-refractivity contribution in [1.82, 2.24) is 19.7 Å². The van der Waals surface area contributed by atoms with E-state index in [0.29, 0.717) is 24.9 Å². The molecule has 1 aromatic heterocycles. The molecule has 2 aromatic rings. The molecular weight excluding hydrogens is 323 g/mol. The van der Waals surface area contributed by atoms with Crippen molar-refractivity contribution in [3.8, 4) is 0 Å². The van der Waals surface area contributed by atoms with E-state index in [2.05, 4.69) is 10.4 Å². The van der Waals surface area contributed by atoms with E-state index in [9.17, 15) is 14.0 Å². The summed E-state index contributed by atoms with van der Waals surface area (Å²) in [6.07, 6.45) is 5.24. The fraction of sp³-hybridized carbons (Fsp3) is 0.500. The molecule has 1 aliphatic carbocycles. The Kier molecular flexibility index (Phi) is 3.94. The van der Waals surface area contributed by atoms with Crippen molar-refractivity contribution in [2.45, 2.75) is 57.2 Å². The molecule has 25 heavy (non-hydrogen) atoms. The number of benzene rings is 1. The van der Waals surface area contributed by atoms with Crippen LogP contribution in [-0.4, -0.2) is 20.3 Å². The van der Waals surface area contributed by atoms with Gasteiger partial charge in [0.2, 0.25) is 5.91 Å². The minimum atomic E-state index is -0.636. The van der Waals surface area contributed by atoms with Gasteiger partial charge in [0.25, 0.3) is 0 Å². The Labute approximate surface area is 144 Å². The third kappa shape index (κ3) is 2.99. The molecule has 0 radical (unpaired) electrons. The van der Waals surface area contributed by atoms with Crippen LogP contribution in [0.15, 0.2) is 29.1 Å². The molecule has 7 heteroatoms. The molecule has 2 aliphatic rings. The van der Waals surface area contributed by atoms with Gasteiger partial charge in [-0.25, -0.2) is 13.9 Å². The van der Waals surface area contributed by atoms with Crippen molar-refractivity contribution >= 4 is 5.91 Å². The second-order valence-corrected chi connectivity index (χ2v) is 6.93. The van der Waals surface area contributed by atoms with Gasteiger partial charge in [-0.3, -0.25) is 9.36 Å². The Morgan fingerprint density at radius 2 is 2.04 bits per heavy atom. The molecule has 1 aromatic carbocycles. The molecule has 132 valence electrons. The van der Waals surface area contributed by atoms with Crippen LogP contribution in [0.4, 0.5) is 4.39 Å². The second kappa shape index (κ2) is 6.13. The molecule has 1 aliphatic heterocycles. The van der Waals surface area contributed by atoms with Gasteiger partial charge in [-0.2, -0.15) is 5.10 Å². The highest BCUT2D eigenvalue weighted by atomic mass is 19.1. The summed E-state index contributed by atoms with van der Waals surface area (Å²) in [4.78, 5) is 24.9. The SMILES string of the molecule is O=C(Cn1nc2n(c1=O)CCCCC2)NC1(c2ccccc2F)CC1. The number of aryl methyl sites for hydroxylation is 1. The summed E-state index contributed by atoms with van der Waals surface area (Å²) in [5.41, 5.74) is -0.359. The largest absolute Gasteiger partial charge is 0.346 e. The third-order valence-electron chi connectivity index (χ3n) is 5.09. The van der Waals surface area contributed by atoms with Crippen LogP contribution in [0.2, 0.25) is 0 Å². The van der Waals surface area contributed by atoms with Crippen LogP contribution >= 0.6 is 0 Å². The molecule has 0 atom stereocenters. The van der Waals surface area contributed by atoms with Crippen LogP contribution in [-0.2, 0) is 29.8 Å². The lowest BCUT2D eigenvalue weighted by Crippen LogP contribution is -2.40. The average Bonchev–Trinajstić information content (AvgIpc) is 3.34. The smallest absolute Gasteiger partial charge is 0.345 e. The Bertz CT molecular complexity index is 866. The average molecular weight is 344 g/mol. The number of rotatable bonds is 4. The summed E-state index contributed by atoms with van der Waals surface area (Å²) in [7, 11) is 0. The van der Waals surface area contributed by atoms with Crippen molar-refractivity contribution in [2.24, 2.45) is 0 Å². The van der Waals surface area contributed by atoms with E-state index in [1.54, 1.807) is 22.8 Å². The first-order chi connectivity index (χ1) is 12.1. The van der Waals surface area contributed by atoms with Gasteiger partial charge < -0.3 is 5.32 Å². The van der Waals surface area contributed by atoms with Crippen LogP contribution in [0, 0.1) is 5.82 Å². The number of halogens is 1. The topological polar surface area (TPSA) is 68.9 Å². The number of aromatic nitrogens is 3. The quantitative estimate of drug-likeness (QED) is 0.918. The van der Waals surface area contributed by atoms with Gasteiger partial charge in [0.1, 0.15) is 18.2 Å². The van der Waals surface area contributed by atoms with Crippen molar-refractivity contribution < 1.29 is 9.18 Å². The molecular formula is C18H21FN4O2. The first-order valence-corrected chi connectivity index (χ1v) is 8.82. The molecule has 0 bridgehead atoms. The monoisotopic (exact) mass is 344 g/mol. The first kappa shape index (κ1) is 16.1. The Balaban J connectivity index is 1.50. The van der Waals surface area contributed by atoms with Crippen LogP contribution in [0.3, 0.4) is 0 Å². The Morgan fingerprint density at radius 1 is 1.24 bits per heavy atom.